The van der Waals surface area contributed by atoms with Gasteiger partial charge in [0.05, 0.1) is 6.42 Å². The largest absolute Gasteiger partial charge is 0.480 e. The van der Waals surface area contributed by atoms with Crippen LogP contribution in [0.4, 0.5) is 13.2 Å². The molecule has 0 aliphatic heterocycles. The van der Waals surface area contributed by atoms with Gasteiger partial charge in [0.1, 0.15) is 6.04 Å². The minimum absolute atomic E-state index is 0.331. The van der Waals surface area contributed by atoms with Gasteiger partial charge in [0.15, 0.2) is 0 Å². The van der Waals surface area contributed by atoms with Gasteiger partial charge in [0.25, 0.3) is 0 Å². The number of rotatable bonds is 6. The Hall–Kier alpha value is -1.27. The molecule has 0 spiro atoms. The Morgan fingerprint density at radius 3 is 2.24 bits per heavy atom. The molecule has 0 saturated carbocycles. The molecule has 2 N–H and O–H groups in total. The normalized spacial score (nSPS) is 15.1. The first-order chi connectivity index (χ1) is 7.67. The van der Waals surface area contributed by atoms with Gasteiger partial charge in [0, 0.05) is 6.42 Å². The number of nitrogens with one attached hydrogen (secondary N) is 1. The smallest absolute Gasteiger partial charge is 0.389 e. The maximum absolute atomic E-state index is 11.8. The van der Waals surface area contributed by atoms with Gasteiger partial charge in [0.2, 0.25) is 5.91 Å². The van der Waals surface area contributed by atoms with E-state index in [1.807, 2.05) is 0 Å². The zero-order valence-electron chi connectivity index (χ0n) is 9.67. The van der Waals surface area contributed by atoms with Gasteiger partial charge in [-0.05, 0) is 5.92 Å². The summed E-state index contributed by atoms with van der Waals surface area (Å²) >= 11 is 0. The van der Waals surface area contributed by atoms with E-state index in [-0.39, 0.29) is 5.92 Å². The molecule has 100 valence electrons. The van der Waals surface area contributed by atoms with Crippen molar-refractivity contribution in [3.05, 3.63) is 0 Å². The van der Waals surface area contributed by atoms with E-state index in [2.05, 4.69) is 5.32 Å². The Labute approximate surface area is 97.2 Å². The molecule has 0 radical (unpaired) electrons. The molecule has 0 heterocycles. The number of halogens is 3. The molecule has 0 aromatic rings. The molecule has 0 fully saturated rings. The van der Waals surface area contributed by atoms with Crippen LogP contribution < -0.4 is 5.32 Å². The van der Waals surface area contributed by atoms with Crippen LogP contribution in [0.1, 0.15) is 33.1 Å². The third-order valence-corrected chi connectivity index (χ3v) is 2.43. The summed E-state index contributed by atoms with van der Waals surface area (Å²) in [5, 5.41) is 10.9. The Morgan fingerprint density at radius 2 is 1.88 bits per heavy atom. The fraction of sp³-hybridized carbons (Fsp3) is 0.800. The Balaban J connectivity index is 4.28. The van der Waals surface area contributed by atoms with Gasteiger partial charge in [-0.15, -0.1) is 0 Å². The van der Waals surface area contributed by atoms with Crippen LogP contribution in [-0.2, 0) is 9.59 Å². The number of amides is 1. The lowest BCUT2D eigenvalue weighted by atomic mass is 9.99. The van der Waals surface area contributed by atoms with Crippen molar-refractivity contribution in [1.29, 1.82) is 0 Å². The predicted molar refractivity (Wildman–Crippen MR) is 54.3 cm³/mol. The number of carboxylic acid groups (broad SMARTS) is 1. The molecular weight excluding hydrogens is 239 g/mol. The number of aliphatic carboxylic acids is 1. The summed E-state index contributed by atoms with van der Waals surface area (Å²) in [6, 6.07) is -1.14. The highest BCUT2D eigenvalue weighted by molar-refractivity contribution is 5.83. The van der Waals surface area contributed by atoms with Crippen LogP contribution in [0.3, 0.4) is 0 Å². The quantitative estimate of drug-likeness (QED) is 0.762. The lowest BCUT2D eigenvalue weighted by Gasteiger charge is -2.20. The van der Waals surface area contributed by atoms with Crippen molar-refractivity contribution in [2.75, 3.05) is 0 Å². The summed E-state index contributed by atoms with van der Waals surface area (Å²) in [5.41, 5.74) is 0. The van der Waals surface area contributed by atoms with Crippen LogP contribution in [-0.4, -0.2) is 29.2 Å². The molecule has 0 aliphatic carbocycles. The molecule has 0 aromatic carbocycles. The first-order valence-corrected chi connectivity index (χ1v) is 5.26. The summed E-state index contributed by atoms with van der Waals surface area (Å²) in [5.74, 6) is -2.46. The minimum Gasteiger partial charge on any atom is -0.480 e. The van der Waals surface area contributed by atoms with Gasteiger partial charge in [-0.25, -0.2) is 4.79 Å². The lowest BCUT2D eigenvalue weighted by molar-refractivity contribution is -0.147. The Kier molecular flexibility index (Phi) is 5.98. The van der Waals surface area contributed by atoms with Crippen molar-refractivity contribution in [1.82, 2.24) is 5.32 Å². The highest BCUT2D eigenvalue weighted by atomic mass is 19.4. The van der Waals surface area contributed by atoms with E-state index >= 15 is 0 Å². The van der Waals surface area contributed by atoms with E-state index in [1.165, 1.54) is 0 Å². The van der Waals surface area contributed by atoms with Crippen molar-refractivity contribution in [2.45, 2.75) is 45.3 Å². The van der Waals surface area contributed by atoms with Gasteiger partial charge in [-0.2, -0.15) is 13.2 Å². The second-order valence-electron chi connectivity index (χ2n) is 3.88. The minimum atomic E-state index is -4.41. The molecule has 0 bridgehead atoms. The van der Waals surface area contributed by atoms with Crippen molar-refractivity contribution >= 4 is 11.9 Å². The fourth-order valence-corrected chi connectivity index (χ4v) is 1.18. The van der Waals surface area contributed by atoms with Crippen molar-refractivity contribution in [3.63, 3.8) is 0 Å². The summed E-state index contributed by atoms with van der Waals surface area (Å²) in [7, 11) is 0. The van der Waals surface area contributed by atoms with E-state index in [1.54, 1.807) is 13.8 Å². The molecule has 2 atom stereocenters. The Bertz CT molecular complexity index is 278. The fourth-order valence-electron chi connectivity index (χ4n) is 1.18. The summed E-state index contributed by atoms with van der Waals surface area (Å²) < 4.78 is 35.5. The maximum atomic E-state index is 11.8. The van der Waals surface area contributed by atoms with Crippen LogP contribution >= 0.6 is 0 Å². The second-order valence-corrected chi connectivity index (χ2v) is 3.88. The molecule has 17 heavy (non-hydrogen) atoms. The van der Waals surface area contributed by atoms with Crippen molar-refractivity contribution in [2.24, 2.45) is 5.92 Å². The zero-order chi connectivity index (χ0) is 13.6. The molecule has 0 saturated heterocycles. The average Bonchev–Trinajstić information content (AvgIpc) is 2.20. The molecule has 1 amide bonds. The number of carboxylic acids is 1. The highest BCUT2D eigenvalue weighted by Crippen LogP contribution is 2.21. The topological polar surface area (TPSA) is 66.4 Å². The maximum Gasteiger partial charge on any atom is 0.389 e. The average molecular weight is 255 g/mol. The van der Waals surface area contributed by atoms with Gasteiger partial charge >= 0.3 is 12.1 Å². The third-order valence-electron chi connectivity index (χ3n) is 2.43. The standard InChI is InChI=1S/C10H16F3NO3/c1-3-6(2)8(9(16)17)14-7(15)4-5-10(11,12)13/h6,8H,3-5H2,1-2H3,(H,14,15)(H,16,17)/t6-,8+/m0/s1. The van der Waals surface area contributed by atoms with Crippen LogP contribution in [0, 0.1) is 5.92 Å². The number of hydrogen-bond acceptors (Lipinski definition) is 2. The Morgan fingerprint density at radius 1 is 1.35 bits per heavy atom. The number of carbonyl (C=O) groups is 2. The first kappa shape index (κ1) is 15.7. The summed E-state index contributed by atoms with van der Waals surface area (Å²) in [4.78, 5) is 22.0. The van der Waals surface area contributed by atoms with Crippen LogP contribution in [0.15, 0.2) is 0 Å². The van der Waals surface area contributed by atoms with E-state index in [0.29, 0.717) is 6.42 Å². The first-order valence-electron chi connectivity index (χ1n) is 5.26. The van der Waals surface area contributed by atoms with Gasteiger partial charge in [-0.1, -0.05) is 20.3 Å². The van der Waals surface area contributed by atoms with E-state index < -0.39 is 36.9 Å². The van der Waals surface area contributed by atoms with E-state index in [9.17, 15) is 22.8 Å². The summed E-state index contributed by atoms with van der Waals surface area (Å²) in [6.45, 7) is 3.35. The zero-order valence-corrected chi connectivity index (χ0v) is 9.67. The SMILES string of the molecule is CC[C@H](C)[C@@H](NC(=O)CCC(F)(F)F)C(=O)O. The molecule has 4 nitrogen and oxygen atoms in total. The van der Waals surface area contributed by atoms with Crippen LogP contribution in [0.25, 0.3) is 0 Å². The molecule has 0 aliphatic rings. The van der Waals surface area contributed by atoms with Crippen molar-refractivity contribution < 1.29 is 27.9 Å². The van der Waals surface area contributed by atoms with Crippen LogP contribution in [0.5, 0.6) is 0 Å². The lowest BCUT2D eigenvalue weighted by Crippen LogP contribution is -2.45. The monoisotopic (exact) mass is 255 g/mol. The molecule has 7 heteroatoms. The number of carbonyl (C=O) groups excluding carboxylic acids is 1. The van der Waals surface area contributed by atoms with E-state index in [0.717, 1.165) is 0 Å². The third kappa shape index (κ3) is 6.80. The summed E-state index contributed by atoms with van der Waals surface area (Å²) in [6.07, 6.45) is -5.89. The molecule has 0 aromatic heterocycles. The number of alkyl halides is 3. The second kappa shape index (κ2) is 6.46. The predicted octanol–water partition coefficient (Wildman–Crippen LogP) is 1.94. The highest BCUT2D eigenvalue weighted by Gasteiger charge is 2.30. The molecule has 0 rings (SSSR count). The van der Waals surface area contributed by atoms with Gasteiger partial charge < -0.3 is 10.4 Å². The van der Waals surface area contributed by atoms with Crippen LogP contribution in [0.2, 0.25) is 0 Å². The van der Waals surface area contributed by atoms with Crippen molar-refractivity contribution in [3.8, 4) is 0 Å². The number of hydrogen-bond donors (Lipinski definition) is 2. The van der Waals surface area contributed by atoms with E-state index in [4.69, 9.17) is 5.11 Å². The molecule has 0 unspecified atom stereocenters. The molecular formula is C10H16F3NO3. The van der Waals surface area contributed by atoms with Gasteiger partial charge in [-0.3, -0.25) is 4.79 Å².